The highest BCUT2D eigenvalue weighted by Gasteiger charge is 2.16. The second kappa shape index (κ2) is 8.20. The topological polar surface area (TPSA) is 80.3 Å². The molecule has 3 aromatic carbocycles. The molecule has 0 spiro atoms. The number of ether oxygens (including phenoxy) is 1. The fourth-order valence-corrected chi connectivity index (χ4v) is 4.38. The molecule has 2 amide bonds. The third-order valence-corrected chi connectivity index (χ3v) is 5.92. The molecule has 0 unspecified atom stereocenters. The summed E-state index contributed by atoms with van der Waals surface area (Å²) in [7, 11) is 0. The molecule has 0 bridgehead atoms. The SMILES string of the molecule is O=C(COc1ccc2c(c1)CCC(=O)N2)Nc1nc(-c2cccc3ccccc23)cs1. The lowest BCUT2D eigenvalue weighted by molar-refractivity contribution is -0.118. The molecule has 31 heavy (non-hydrogen) atoms. The van der Waals surface area contributed by atoms with Crippen LogP contribution < -0.4 is 15.4 Å². The van der Waals surface area contributed by atoms with Crippen LogP contribution in [0.2, 0.25) is 0 Å². The van der Waals surface area contributed by atoms with Crippen LogP contribution in [0.25, 0.3) is 22.0 Å². The lowest BCUT2D eigenvalue weighted by Gasteiger charge is -2.17. The van der Waals surface area contributed by atoms with Crippen molar-refractivity contribution in [2.24, 2.45) is 0 Å². The number of nitrogens with zero attached hydrogens (tertiary/aromatic N) is 1. The summed E-state index contributed by atoms with van der Waals surface area (Å²) in [5, 5.41) is 10.4. The zero-order valence-corrected chi connectivity index (χ0v) is 17.4. The third-order valence-electron chi connectivity index (χ3n) is 5.16. The first-order valence-corrected chi connectivity index (χ1v) is 10.8. The molecule has 2 N–H and O–H groups in total. The van der Waals surface area contributed by atoms with Gasteiger partial charge >= 0.3 is 0 Å². The average Bonchev–Trinajstić information content (AvgIpc) is 3.25. The van der Waals surface area contributed by atoms with Gasteiger partial charge in [-0.3, -0.25) is 14.9 Å². The molecule has 0 saturated heterocycles. The van der Waals surface area contributed by atoms with Crippen molar-refractivity contribution in [3.63, 3.8) is 0 Å². The van der Waals surface area contributed by atoms with Crippen molar-refractivity contribution < 1.29 is 14.3 Å². The molecule has 0 fully saturated rings. The highest BCUT2D eigenvalue weighted by Crippen LogP contribution is 2.31. The van der Waals surface area contributed by atoms with E-state index in [1.807, 2.05) is 35.7 Å². The van der Waals surface area contributed by atoms with Crippen molar-refractivity contribution in [1.82, 2.24) is 4.98 Å². The van der Waals surface area contributed by atoms with Gasteiger partial charge in [0.25, 0.3) is 5.91 Å². The maximum atomic E-state index is 12.3. The Morgan fingerprint density at radius 1 is 1.10 bits per heavy atom. The summed E-state index contributed by atoms with van der Waals surface area (Å²) in [5.74, 6) is 0.345. The Hall–Kier alpha value is -3.71. The van der Waals surface area contributed by atoms with Crippen LogP contribution >= 0.6 is 11.3 Å². The zero-order valence-electron chi connectivity index (χ0n) is 16.6. The third kappa shape index (κ3) is 4.13. The van der Waals surface area contributed by atoms with E-state index in [4.69, 9.17) is 4.74 Å². The quantitative estimate of drug-likeness (QED) is 0.475. The van der Waals surface area contributed by atoms with Crippen LogP contribution in [0.15, 0.2) is 66.0 Å². The molecule has 154 valence electrons. The van der Waals surface area contributed by atoms with Crippen molar-refractivity contribution in [3.05, 3.63) is 71.6 Å². The monoisotopic (exact) mass is 429 g/mol. The van der Waals surface area contributed by atoms with Gasteiger partial charge in [0.2, 0.25) is 5.91 Å². The number of fused-ring (bicyclic) bond motifs is 2. The van der Waals surface area contributed by atoms with Gasteiger partial charge in [-0.15, -0.1) is 11.3 Å². The summed E-state index contributed by atoms with van der Waals surface area (Å²) in [6.45, 7) is -0.117. The van der Waals surface area contributed by atoms with E-state index in [0.717, 1.165) is 33.3 Å². The number of anilines is 2. The highest BCUT2D eigenvalue weighted by atomic mass is 32.1. The predicted octanol–water partition coefficient (Wildman–Crippen LogP) is 4.87. The van der Waals surface area contributed by atoms with Crippen molar-refractivity contribution >= 4 is 44.7 Å². The number of aromatic nitrogens is 1. The van der Waals surface area contributed by atoms with Crippen LogP contribution in [0.4, 0.5) is 10.8 Å². The summed E-state index contributed by atoms with van der Waals surface area (Å²) >= 11 is 1.38. The first-order chi connectivity index (χ1) is 15.2. The van der Waals surface area contributed by atoms with Crippen LogP contribution in [0.3, 0.4) is 0 Å². The minimum Gasteiger partial charge on any atom is -0.484 e. The molecular weight excluding hydrogens is 410 g/mol. The van der Waals surface area contributed by atoms with Gasteiger partial charge in [-0.1, -0.05) is 42.5 Å². The van der Waals surface area contributed by atoms with Crippen molar-refractivity contribution in [2.45, 2.75) is 12.8 Å². The number of thiazole rings is 1. The van der Waals surface area contributed by atoms with E-state index < -0.39 is 0 Å². The van der Waals surface area contributed by atoms with Gasteiger partial charge in [-0.25, -0.2) is 4.98 Å². The van der Waals surface area contributed by atoms with E-state index in [0.29, 0.717) is 23.7 Å². The summed E-state index contributed by atoms with van der Waals surface area (Å²) in [6.07, 6.45) is 1.13. The minimum absolute atomic E-state index is 0.0202. The van der Waals surface area contributed by atoms with E-state index in [1.54, 1.807) is 12.1 Å². The molecule has 0 atom stereocenters. The number of benzene rings is 3. The first-order valence-electron chi connectivity index (χ1n) is 9.95. The van der Waals surface area contributed by atoms with Crippen LogP contribution in [-0.2, 0) is 16.0 Å². The maximum Gasteiger partial charge on any atom is 0.264 e. The smallest absolute Gasteiger partial charge is 0.264 e. The predicted molar refractivity (Wildman–Crippen MR) is 123 cm³/mol. The van der Waals surface area contributed by atoms with Gasteiger partial charge in [0, 0.05) is 23.1 Å². The molecule has 7 heteroatoms. The van der Waals surface area contributed by atoms with Crippen LogP contribution in [0.5, 0.6) is 5.75 Å². The van der Waals surface area contributed by atoms with Crippen molar-refractivity contribution in [1.29, 1.82) is 0 Å². The maximum absolute atomic E-state index is 12.3. The van der Waals surface area contributed by atoms with Gasteiger partial charge < -0.3 is 10.1 Å². The number of hydrogen-bond acceptors (Lipinski definition) is 5. The Kier molecular flexibility index (Phi) is 5.09. The average molecular weight is 430 g/mol. The molecule has 1 aliphatic rings. The van der Waals surface area contributed by atoms with Gasteiger partial charge in [-0.2, -0.15) is 0 Å². The van der Waals surface area contributed by atoms with E-state index in [9.17, 15) is 9.59 Å². The van der Waals surface area contributed by atoms with Crippen LogP contribution in [0.1, 0.15) is 12.0 Å². The van der Waals surface area contributed by atoms with Crippen LogP contribution in [-0.4, -0.2) is 23.4 Å². The molecule has 5 rings (SSSR count). The second-order valence-corrected chi connectivity index (χ2v) is 8.13. The molecule has 0 aliphatic carbocycles. The Morgan fingerprint density at radius 2 is 1.97 bits per heavy atom. The van der Waals surface area contributed by atoms with Crippen molar-refractivity contribution in [3.8, 4) is 17.0 Å². The van der Waals surface area contributed by atoms with Gasteiger partial charge in [-0.05, 0) is 41.0 Å². The standard InChI is InChI=1S/C24H19N3O3S/c28-22-11-8-16-12-17(9-10-20(16)25-22)30-13-23(29)27-24-26-21(14-31-24)19-7-3-5-15-4-1-2-6-18(15)19/h1-7,9-10,12,14H,8,11,13H2,(H,25,28)(H,26,27,29). The van der Waals surface area contributed by atoms with Gasteiger partial charge in [0.15, 0.2) is 11.7 Å². The molecule has 4 aromatic rings. The number of nitrogens with one attached hydrogen (secondary N) is 2. The fourth-order valence-electron chi connectivity index (χ4n) is 3.66. The van der Waals surface area contributed by atoms with E-state index in [1.165, 1.54) is 11.3 Å². The summed E-state index contributed by atoms with van der Waals surface area (Å²) < 4.78 is 5.63. The zero-order chi connectivity index (χ0) is 21.2. The van der Waals surface area contributed by atoms with E-state index in [-0.39, 0.29) is 18.4 Å². The summed E-state index contributed by atoms with van der Waals surface area (Å²) in [4.78, 5) is 28.4. The van der Waals surface area contributed by atoms with E-state index in [2.05, 4.69) is 33.8 Å². The summed E-state index contributed by atoms with van der Waals surface area (Å²) in [5.41, 5.74) is 3.68. The Balaban J connectivity index is 1.24. The largest absolute Gasteiger partial charge is 0.484 e. The Labute approximate surface area is 182 Å². The number of aryl methyl sites for hydroxylation is 1. The number of carbonyl (C=O) groups is 2. The number of rotatable bonds is 5. The highest BCUT2D eigenvalue weighted by molar-refractivity contribution is 7.14. The number of hydrogen-bond donors (Lipinski definition) is 2. The minimum atomic E-state index is -0.273. The number of carbonyl (C=O) groups excluding carboxylic acids is 2. The van der Waals surface area contributed by atoms with Crippen LogP contribution in [0, 0.1) is 0 Å². The Bertz CT molecular complexity index is 1290. The molecule has 1 aliphatic heterocycles. The molecule has 0 saturated carbocycles. The second-order valence-electron chi connectivity index (χ2n) is 7.27. The van der Waals surface area contributed by atoms with Crippen molar-refractivity contribution in [2.75, 3.05) is 17.2 Å². The lowest BCUT2D eigenvalue weighted by Crippen LogP contribution is -2.21. The van der Waals surface area contributed by atoms with E-state index >= 15 is 0 Å². The molecular formula is C24H19N3O3S. The normalized spacial score (nSPS) is 12.8. The lowest BCUT2D eigenvalue weighted by atomic mass is 10.0. The molecule has 0 radical (unpaired) electrons. The van der Waals surface area contributed by atoms with Gasteiger partial charge in [0.1, 0.15) is 5.75 Å². The Morgan fingerprint density at radius 3 is 2.90 bits per heavy atom. The first kappa shape index (κ1) is 19.3. The fraction of sp³-hybridized carbons (Fsp3) is 0.125. The summed E-state index contributed by atoms with van der Waals surface area (Å²) in [6, 6.07) is 19.7. The molecule has 1 aromatic heterocycles. The number of amides is 2. The van der Waals surface area contributed by atoms with Gasteiger partial charge in [0.05, 0.1) is 5.69 Å². The molecule has 2 heterocycles. The molecule has 6 nitrogen and oxygen atoms in total.